The molecule has 1 amide bonds. The molecule has 5 unspecified atom stereocenters. The predicted molar refractivity (Wildman–Crippen MR) is 114 cm³/mol. The summed E-state index contributed by atoms with van der Waals surface area (Å²) in [5.41, 5.74) is 1.40. The number of anilines is 2. The van der Waals surface area contributed by atoms with E-state index in [4.69, 9.17) is 21.7 Å². The molecule has 3 aliphatic rings. The summed E-state index contributed by atoms with van der Waals surface area (Å²) in [6.07, 6.45) is -1.97. The lowest BCUT2D eigenvalue weighted by molar-refractivity contribution is -0.126. The molecule has 0 bridgehead atoms. The van der Waals surface area contributed by atoms with Crippen LogP contribution in [0.3, 0.4) is 0 Å². The lowest BCUT2D eigenvalue weighted by atomic mass is 9.77. The first-order valence-electron chi connectivity index (χ1n) is 9.74. The highest BCUT2D eigenvalue weighted by Gasteiger charge is 2.54. The molecule has 2 aromatic rings. The number of aliphatic hydroxyl groups is 2. The number of aliphatic hydroxyl groups excluding tert-OH is 2. The highest BCUT2D eigenvalue weighted by atomic mass is 32.1. The number of nitrogens with zero attached hydrogens (tertiary/aromatic N) is 1. The Morgan fingerprint density at radius 2 is 1.90 bits per heavy atom. The standard InChI is InChI=1S/C21H21N3O5S/c25-14-9-13(20(27)22-11-4-2-1-3-5-11)18-17(19(14)26)23-21(30)24(18)12-6-7-15-16(8-12)29-10-28-15/h1-8,13-14,17-19,25-26H,9-10H2,(H,22,27)(H,23,30). The number of rotatable bonds is 3. The first-order chi connectivity index (χ1) is 14.5. The predicted octanol–water partition coefficient (Wildman–Crippen LogP) is 1.23. The maximum absolute atomic E-state index is 13.2. The Kier molecular flexibility index (Phi) is 4.73. The van der Waals surface area contributed by atoms with Gasteiger partial charge in [0.05, 0.1) is 24.1 Å². The summed E-state index contributed by atoms with van der Waals surface area (Å²) in [5, 5.41) is 27.4. The van der Waals surface area contributed by atoms with E-state index in [2.05, 4.69) is 10.6 Å². The Hall–Kier alpha value is -2.88. The number of benzene rings is 2. The second-order valence-corrected chi connectivity index (χ2v) is 8.02. The van der Waals surface area contributed by atoms with Crippen LogP contribution >= 0.6 is 12.2 Å². The highest BCUT2D eigenvalue weighted by Crippen LogP contribution is 2.41. The second-order valence-electron chi connectivity index (χ2n) is 7.63. The molecule has 8 nitrogen and oxygen atoms in total. The third-order valence-corrected chi connectivity index (χ3v) is 6.17. The summed E-state index contributed by atoms with van der Waals surface area (Å²) < 4.78 is 10.9. The van der Waals surface area contributed by atoms with E-state index < -0.39 is 30.2 Å². The zero-order chi connectivity index (χ0) is 20.8. The van der Waals surface area contributed by atoms with E-state index in [1.807, 2.05) is 35.2 Å². The van der Waals surface area contributed by atoms with E-state index in [-0.39, 0.29) is 19.1 Å². The van der Waals surface area contributed by atoms with Crippen LogP contribution in [0, 0.1) is 5.92 Å². The lowest BCUT2D eigenvalue weighted by Gasteiger charge is -2.41. The maximum atomic E-state index is 13.2. The zero-order valence-electron chi connectivity index (χ0n) is 15.9. The van der Waals surface area contributed by atoms with Gasteiger partial charge in [0.15, 0.2) is 16.6 Å². The lowest BCUT2D eigenvalue weighted by Crippen LogP contribution is -2.60. The molecule has 2 aromatic carbocycles. The van der Waals surface area contributed by atoms with Crippen LogP contribution in [0.2, 0.25) is 0 Å². The number of hydrogen-bond donors (Lipinski definition) is 4. The van der Waals surface area contributed by atoms with Crippen LogP contribution in [-0.4, -0.2) is 52.3 Å². The van der Waals surface area contributed by atoms with Gasteiger partial charge in [0.25, 0.3) is 0 Å². The van der Waals surface area contributed by atoms with Crippen LogP contribution in [0.4, 0.5) is 11.4 Å². The minimum absolute atomic E-state index is 0.117. The summed E-state index contributed by atoms with van der Waals surface area (Å²) in [4.78, 5) is 15.0. The number of carbonyl (C=O) groups is 1. The molecule has 5 atom stereocenters. The van der Waals surface area contributed by atoms with Crippen LogP contribution in [0.25, 0.3) is 0 Å². The van der Waals surface area contributed by atoms with Gasteiger partial charge >= 0.3 is 0 Å². The van der Waals surface area contributed by atoms with Crippen LogP contribution in [0.5, 0.6) is 11.5 Å². The van der Waals surface area contributed by atoms with E-state index in [1.165, 1.54) is 0 Å². The molecule has 156 valence electrons. The molecule has 9 heteroatoms. The molecule has 0 spiro atoms. The molecule has 2 aliphatic heterocycles. The quantitative estimate of drug-likeness (QED) is 0.543. The summed E-state index contributed by atoms with van der Waals surface area (Å²) in [7, 11) is 0. The molecule has 1 saturated carbocycles. The van der Waals surface area contributed by atoms with Crippen LogP contribution in [0.1, 0.15) is 6.42 Å². The number of thiocarbonyl (C=S) groups is 1. The van der Waals surface area contributed by atoms with Crippen molar-refractivity contribution < 1.29 is 24.5 Å². The average Bonchev–Trinajstić information content (AvgIpc) is 3.35. The third kappa shape index (κ3) is 3.15. The molecule has 2 fully saturated rings. The molecule has 0 radical (unpaired) electrons. The van der Waals surface area contributed by atoms with Gasteiger partial charge in [-0.05, 0) is 42.9 Å². The van der Waals surface area contributed by atoms with Gasteiger partial charge in [0, 0.05) is 17.4 Å². The van der Waals surface area contributed by atoms with Gasteiger partial charge in [0.1, 0.15) is 6.10 Å². The van der Waals surface area contributed by atoms with E-state index in [1.54, 1.807) is 18.2 Å². The zero-order valence-corrected chi connectivity index (χ0v) is 16.7. The van der Waals surface area contributed by atoms with E-state index in [0.717, 1.165) is 5.69 Å². The SMILES string of the molecule is O=C(Nc1ccccc1)C1CC(O)C(O)C2NC(=S)N(c3ccc4c(c3)OCO4)C12. The molecule has 1 saturated heterocycles. The van der Waals surface area contributed by atoms with Gasteiger partial charge in [-0.15, -0.1) is 0 Å². The number of nitrogens with one attached hydrogen (secondary N) is 2. The van der Waals surface area contributed by atoms with Gasteiger partial charge in [-0.25, -0.2) is 0 Å². The highest BCUT2D eigenvalue weighted by molar-refractivity contribution is 7.80. The molecule has 5 rings (SSSR count). The fourth-order valence-corrected chi connectivity index (χ4v) is 4.80. The number of para-hydroxylation sites is 1. The van der Waals surface area contributed by atoms with Gasteiger partial charge in [-0.1, -0.05) is 18.2 Å². The van der Waals surface area contributed by atoms with Crippen molar-refractivity contribution >= 4 is 34.6 Å². The van der Waals surface area contributed by atoms with Gasteiger partial charge in [-0.3, -0.25) is 4.79 Å². The Labute approximate surface area is 178 Å². The fraction of sp³-hybridized carbons (Fsp3) is 0.333. The third-order valence-electron chi connectivity index (χ3n) is 5.86. The van der Waals surface area contributed by atoms with Gasteiger partial charge in [-0.2, -0.15) is 0 Å². The average molecular weight is 427 g/mol. The second kappa shape index (κ2) is 7.42. The largest absolute Gasteiger partial charge is 0.454 e. The van der Waals surface area contributed by atoms with Crippen LogP contribution in [-0.2, 0) is 4.79 Å². The molecule has 4 N–H and O–H groups in total. The monoisotopic (exact) mass is 427 g/mol. The number of ether oxygens (including phenoxy) is 2. The van der Waals surface area contributed by atoms with E-state index >= 15 is 0 Å². The minimum atomic E-state index is -1.05. The van der Waals surface area contributed by atoms with E-state index in [9.17, 15) is 15.0 Å². The Morgan fingerprint density at radius 3 is 2.70 bits per heavy atom. The molecule has 2 heterocycles. The van der Waals surface area contributed by atoms with Crippen molar-refractivity contribution in [2.45, 2.75) is 30.7 Å². The molecule has 30 heavy (non-hydrogen) atoms. The Bertz CT molecular complexity index is 988. The van der Waals surface area contributed by atoms with Crippen molar-refractivity contribution in [1.29, 1.82) is 0 Å². The number of hydrogen-bond acceptors (Lipinski definition) is 6. The normalized spacial score (nSPS) is 29.3. The number of fused-ring (bicyclic) bond motifs is 2. The topological polar surface area (TPSA) is 103 Å². The van der Waals surface area contributed by atoms with E-state index in [0.29, 0.717) is 22.3 Å². The van der Waals surface area contributed by atoms with Crippen molar-refractivity contribution in [3.8, 4) is 11.5 Å². The first kappa shape index (κ1) is 19.1. The summed E-state index contributed by atoms with van der Waals surface area (Å²) in [6, 6.07) is 13.5. The Balaban J connectivity index is 1.49. The fourth-order valence-electron chi connectivity index (χ4n) is 4.43. The van der Waals surface area contributed by atoms with Crippen molar-refractivity contribution in [3.05, 3.63) is 48.5 Å². The smallest absolute Gasteiger partial charge is 0.231 e. The molecule has 1 aliphatic carbocycles. The van der Waals surface area contributed by atoms with Crippen LogP contribution < -0.4 is 25.0 Å². The van der Waals surface area contributed by atoms with Crippen molar-refractivity contribution in [2.24, 2.45) is 5.92 Å². The molecule has 0 aromatic heterocycles. The van der Waals surface area contributed by atoms with Gasteiger partial charge in [0.2, 0.25) is 12.7 Å². The number of amides is 1. The molecular formula is C21H21N3O5S. The summed E-state index contributed by atoms with van der Waals surface area (Å²) >= 11 is 5.54. The Morgan fingerprint density at radius 1 is 1.13 bits per heavy atom. The summed E-state index contributed by atoms with van der Waals surface area (Å²) in [5.74, 6) is 0.401. The number of carbonyl (C=O) groups excluding carboxylic acids is 1. The van der Waals surface area contributed by atoms with Gasteiger partial charge < -0.3 is 35.2 Å². The minimum Gasteiger partial charge on any atom is -0.454 e. The molecular weight excluding hydrogens is 406 g/mol. The van der Waals surface area contributed by atoms with Crippen molar-refractivity contribution in [3.63, 3.8) is 0 Å². The van der Waals surface area contributed by atoms with Crippen molar-refractivity contribution in [2.75, 3.05) is 17.0 Å². The van der Waals surface area contributed by atoms with Crippen molar-refractivity contribution in [1.82, 2.24) is 5.32 Å². The maximum Gasteiger partial charge on any atom is 0.231 e. The van der Waals surface area contributed by atoms with Crippen LogP contribution in [0.15, 0.2) is 48.5 Å². The first-order valence-corrected chi connectivity index (χ1v) is 10.1. The summed E-state index contributed by atoms with van der Waals surface area (Å²) in [6.45, 7) is 0.153.